The van der Waals surface area contributed by atoms with Crippen LogP contribution in [0.1, 0.15) is 48.7 Å². The molecule has 0 radical (unpaired) electrons. The first kappa shape index (κ1) is 15.5. The Morgan fingerprint density at radius 3 is 2.57 bits per heavy atom. The van der Waals surface area contributed by atoms with E-state index in [1.807, 2.05) is 6.92 Å². The average Bonchev–Trinajstić information content (AvgIpc) is 2.47. The molecule has 1 aliphatic rings. The van der Waals surface area contributed by atoms with Crippen LogP contribution in [0.4, 0.5) is 0 Å². The molecule has 21 heavy (non-hydrogen) atoms. The number of carbonyl (C=O) groups excluding carboxylic acids is 1. The van der Waals surface area contributed by atoms with Crippen molar-refractivity contribution >= 4 is 11.9 Å². The Kier molecular flexibility index (Phi) is 4.60. The number of rotatable bonds is 4. The Hall–Kier alpha value is -1.91. The van der Waals surface area contributed by atoms with E-state index in [1.54, 1.807) is 12.1 Å². The predicted molar refractivity (Wildman–Crippen MR) is 79.0 cm³/mol. The van der Waals surface area contributed by atoms with Gasteiger partial charge in [-0.05, 0) is 50.7 Å². The van der Waals surface area contributed by atoms with Crippen LogP contribution in [0.25, 0.3) is 0 Å². The van der Waals surface area contributed by atoms with Crippen LogP contribution in [0.15, 0.2) is 18.3 Å². The standard InChI is InChI=1S/C16H22N2O3/c1-11-5-7-16(8-6-11,15(20)21)10-18-14(19)13-4-3-12(2)17-9-13/h3-4,9,11H,5-8,10H2,1-2H3,(H,18,19)(H,20,21). The maximum atomic E-state index is 12.1. The van der Waals surface area contributed by atoms with E-state index in [9.17, 15) is 14.7 Å². The molecule has 2 rings (SSSR count). The Bertz CT molecular complexity index is 517. The van der Waals surface area contributed by atoms with Crippen molar-refractivity contribution in [3.8, 4) is 0 Å². The number of nitrogens with zero attached hydrogens (tertiary/aromatic N) is 1. The summed E-state index contributed by atoms with van der Waals surface area (Å²) >= 11 is 0. The van der Waals surface area contributed by atoms with Crippen LogP contribution < -0.4 is 5.32 Å². The first-order valence-electron chi connectivity index (χ1n) is 7.37. The van der Waals surface area contributed by atoms with E-state index in [4.69, 9.17) is 0 Å². The maximum Gasteiger partial charge on any atom is 0.311 e. The highest BCUT2D eigenvalue weighted by atomic mass is 16.4. The summed E-state index contributed by atoms with van der Waals surface area (Å²) < 4.78 is 0. The number of amides is 1. The summed E-state index contributed by atoms with van der Waals surface area (Å²) in [4.78, 5) is 27.8. The Morgan fingerprint density at radius 2 is 2.05 bits per heavy atom. The van der Waals surface area contributed by atoms with Gasteiger partial charge in [0.25, 0.3) is 5.91 Å². The molecule has 1 aromatic rings. The van der Waals surface area contributed by atoms with Crippen molar-refractivity contribution in [3.05, 3.63) is 29.6 Å². The van der Waals surface area contributed by atoms with E-state index >= 15 is 0 Å². The molecule has 0 unspecified atom stereocenters. The monoisotopic (exact) mass is 290 g/mol. The minimum absolute atomic E-state index is 0.182. The van der Waals surface area contributed by atoms with E-state index in [1.165, 1.54) is 6.20 Å². The van der Waals surface area contributed by atoms with Crippen LogP contribution in [0, 0.1) is 18.3 Å². The van der Waals surface area contributed by atoms with Crippen molar-refractivity contribution in [3.63, 3.8) is 0 Å². The summed E-state index contributed by atoms with van der Waals surface area (Å²) in [7, 11) is 0. The zero-order valence-electron chi connectivity index (χ0n) is 12.6. The molecule has 0 bridgehead atoms. The second-order valence-corrected chi connectivity index (χ2v) is 6.14. The predicted octanol–water partition coefficient (Wildman–Crippen LogP) is 2.40. The molecule has 1 saturated carbocycles. The number of hydrogen-bond acceptors (Lipinski definition) is 3. The summed E-state index contributed by atoms with van der Waals surface area (Å²) in [6, 6.07) is 3.47. The molecular weight excluding hydrogens is 268 g/mol. The first-order valence-corrected chi connectivity index (χ1v) is 7.37. The molecule has 0 saturated heterocycles. The lowest BCUT2D eigenvalue weighted by atomic mass is 9.71. The van der Waals surface area contributed by atoms with E-state index in [0.717, 1.165) is 18.5 Å². The highest BCUT2D eigenvalue weighted by Gasteiger charge is 2.41. The van der Waals surface area contributed by atoms with Crippen LogP contribution in [0.2, 0.25) is 0 Å². The number of aliphatic carboxylic acids is 1. The molecule has 0 aromatic carbocycles. The summed E-state index contributed by atoms with van der Waals surface area (Å²) in [6.07, 6.45) is 4.55. The first-order chi connectivity index (χ1) is 9.93. The molecule has 1 aliphatic carbocycles. The second-order valence-electron chi connectivity index (χ2n) is 6.14. The molecule has 2 N–H and O–H groups in total. The Labute approximate surface area is 124 Å². The van der Waals surface area contributed by atoms with Crippen molar-refractivity contribution in [1.82, 2.24) is 10.3 Å². The van der Waals surface area contributed by atoms with Gasteiger partial charge in [0, 0.05) is 18.4 Å². The van der Waals surface area contributed by atoms with Crippen molar-refractivity contribution in [2.45, 2.75) is 39.5 Å². The van der Waals surface area contributed by atoms with E-state index in [0.29, 0.717) is 24.3 Å². The third kappa shape index (κ3) is 3.60. The average molecular weight is 290 g/mol. The van der Waals surface area contributed by atoms with E-state index in [2.05, 4.69) is 17.2 Å². The van der Waals surface area contributed by atoms with E-state index < -0.39 is 11.4 Å². The third-order valence-corrected chi connectivity index (χ3v) is 4.45. The van der Waals surface area contributed by atoms with Crippen LogP contribution in [-0.4, -0.2) is 28.5 Å². The fraction of sp³-hybridized carbons (Fsp3) is 0.562. The fourth-order valence-corrected chi connectivity index (χ4v) is 2.73. The van der Waals surface area contributed by atoms with Crippen LogP contribution in [0.5, 0.6) is 0 Å². The smallest absolute Gasteiger partial charge is 0.311 e. The van der Waals surface area contributed by atoms with E-state index in [-0.39, 0.29) is 12.5 Å². The SMILES string of the molecule is Cc1ccc(C(=O)NCC2(C(=O)O)CCC(C)CC2)cn1. The minimum Gasteiger partial charge on any atom is -0.481 e. The summed E-state index contributed by atoms with van der Waals surface area (Å²) in [5.41, 5.74) is 0.487. The number of carboxylic acids is 1. The lowest BCUT2D eigenvalue weighted by Gasteiger charge is -2.35. The molecule has 5 heteroatoms. The van der Waals surface area contributed by atoms with Crippen LogP contribution in [0.3, 0.4) is 0 Å². The summed E-state index contributed by atoms with van der Waals surface area (Å²) in [6.45, 7) is 4.17. The zero-order valence-corrected chi connectivity index (χ0v) is 12.6. The molecule has 114 valence electrons. The molecule has 0 atom stereocenters. The second kappa shape index (κ2) is 6.24. The van der Waals surface area contributed by atoms with Crippen LogP contribution in [-0.2, 0) is 4.79 Å². The summed E-state index contributed by atoms with van der Waals surface area (Å²) in [5, 5.41) is 12.3. The number of nitrogens with one attached hydrogen (secondary N) is 1. The highest BCUT2D eigenvalue weighted by molar-refractivity contribution is 5.94. The number of aromatic nitrogens is 1. The number of carboxylic acid groups (broad SMARTS) is 1. The highest BCUT2D eigenvalue weighted by Crippen LogP contribution is 2.38. The molecule has 1 fully saturated rings. The van der Waals surface area contributed by atoms with Crippen molar-refractivity contribution in [2.24, 2.45) is 11.3 Å². The lowest BCUT2D eigenvalue weighted by Crippen LogP contribution is -2.45. The molecule has 1 aromatic heterocycles. The van der Waals surface area contributed by atoms with Gasteiger partial charge in [0.2, 0.25) is 0 Å². The minimum atomic E-state index is -0.819. The van der Waals surface area contributed by atoms with Gasteiger partial charge >= 0.3 is 5.97 Å². The quantitative estimate of drug-likeness (QED) is 0.892. The van der Waals surface area contributed by atoms with Gasteiger partial charge in [-0.3, -0.25) is 14.6 Å². The fourth-order valence-electron chi connectivity index (χ4n) is 2.73. The third-order valence-electron chi connectivity index (χ3n) is 4.45. The number of carbonyl (C=O) groups is 2. The molecule has 1 heterocycles. The molecule has 1 amide bonds. The van der Waals surface area contributed by atoms with Gasteiger partial charge in [-0.25, -0.2) is 0 Å². The zero-order chi connectivity index (χ0) is 15.5. The van der Waals surface area contributed by atoms with Crippen LogP contribution >= 0.6 is 0 Å². The largest absolute Gasteiger partial charge is 0.481 e. The molecule has 5 nitrogen and oxygen atoms in total. The van der Waals surface area contributed by atoms with Gasteiger partial charge in [-0.2, -0.15) is 0 Å². The number of pyridine rings is 1. The van der Waals surface area contributed by atoms with Gasteiger partial charge in [0.1, 0.15) is 0 Å². The van der Waals surface area contributed by atoms with Crippen molar-refractivity contribution < 1.29 is 14.7 Å². The topological polar surface area (TPSA) is 79.3 Å². The van der Waals surface area contributed by atoms with Crippen molar-refractivity contribution in [2.75, 3.05) is 6.54 Å². The Morgan fingerprint density at radius 1 is 1.38 bits per heavy atom. The lowest BCUT2D eigenvalue weighted by molar-refractivity contribution is -0.151. The number of hydrogen-bond donors (Lipinski definition) is 2. The van der Waals surface area contributed by atoms with Gasteiger partial charge in [-0.1, -0.05) is 6.92 Å². The molecular formula is C16H22N2O3. The molecule has 0 spiro atoms. The normalized spacial score (nSPS) is 25.3. The summed E-state index contributed by atoms with van der Waals surface area (Å²) in [5.74, 6) is -0.507. The molecule has 0 aliphatic heterocycles. The number of aryl methyl sites for hydroxylation is 1. The van der Waals surface area contributed by atoms with Gasteiger partial charge in [-0.15, -0.1) is 0 Å². The van der Waals surface area contributed by atoms with Gasteiger partial charge in [0.15, 0.2) is 0 Å². The van der Waals surface area contributed by atoms with Gasteiger partial charge < -0.3 is 10.4 Å². The maximum absolute atomic E-state index is 12.1. The Balaban J connectivity index is 2.00. The van der Waals surface area contributed by atoms with Gasteiger partial charge in [0.05, 0.1) is 11.0 Å². The van der Waals surface area contributed by atoms with Crippen molar-refractivity contribution in [1.29, 1.82) is 0 Å².